The maximum atomic E-state index is 3.47. The van der Waals surface area contributed by atoms with E-state index in [9.17, 15) is 0 Å². The van der Waals surface area contributed by atoms with E-state index in [4.69, 9.17) is 0 Å². The third-order valence-electron chi connectivity index (χ3n) is 3.30. The number of nitrogens with one attached hydrogen (secondary N) is 1. The zero-order chi connectivity index (χ0) is 11.8. The van der Waals surface area contributed by atoms with Crippen LogP contribution in [0.3, 0.4) is 0 Å². The highest BCUT2D eigenvalue weighted by atomic mass is 15.2. The predicted octanol–water partition coefficient (Wildman–Crippen LogP) is 2.74. The molecule has 0 aliphatic heterocycles. The second kappa shape index (κ2) is 8.12. The summed E-state index contributed by atoms with van der Waals surface area (Å²) in [6.07, 6.45) is 2.57. The van der Waals surface area contributed by atoms with Crippen molar-refractivity contribution >= 4 is 0 Å². The van der Waals surface area contributed by atoms with Crippen molar-refractivity contribution in [3.05, 3.63) is 0 Å². The Balaban J connectivity index is 4.20. The molecule has 2 heteroatoms. The Morgan fingerprint density at radius 3 is 2.13 bits per heavy atom. The fourth-order valence-corrected chi connectivity index (χ4v) is 2.09. The summed E-state index contributed by atoms with van der Waals surface area (Å²) < 4.78 is 0. The molecule has 0 aromatic rings. The normalized spacial score (nSPS) is 16.0. The smallest absolute Gasteiger partial charge is 0.0243 e. The highest BCUT2D eigenvalue weighted by Gasteiger charge is 2.21. The lowest BCUT2D eigenvalue weighted by molar-refractivity contribution is 0.136. The summed E-state index contributed by atoms with van der Waals surface area (Å²) in [5.41, 5.74) is 0. The Kier molecular flexibility index (Phi) is 8.07. The molecule has 2 unspecified atom stereocenters. The quantitative estimate of drug-likeness (QED) is 0.668. The Hall–Kier alpha value is -0.0800. The summed E-state index contributed by atoms with van der Waals surface area (Å²) in [6.45, 7) is 13.6. The van der Waals surface area contributed by atoms with E-state index in [0.29, 0.717) is 18.0 Å². The molecule has 0 aliphatic rings. The molecule has 2 atom stereocenters. The van der Waals surface area contributed by atoms with E-state index in [-0.39, 0.29) is 0 Å². The van der Waals surface area contributed by atoms with E-state index in [1.165, 1.54) is 12.8 Å². The first-order valence-corrected chi connectivity index (χ1v) is 6.47. The van der Waals surface area contributed by atoms with Crippen molar-refractivity contribution in [2.75, 3.05) is 20.1 Å². The molecule has 0 rings (SSSR count). The monoisotopic (exact) mass is 214 g/mol. The number of nitrogens with zero attached hydrogens (tertiary/aromatic N) is 1. The second-order valence-electron chi connectivity index (χ2n) is 4.92. The third-order valence-corrected chi connectivity index (χ3v) is 3.30. The molecule has 0 amide bonds. The lowest BCUT2D eigenvalue weighted by Crippen LogP contribution is -2.47. The van der Waals surface area contributed by atoms with Gasteiger partial charge >= 0.3 is 0 Å². The minimum Gasteiger partial charge on any atom is -0.315 e. The van der Waals surface area contributed by atoms with E-state index in [1.807, 2.05) is 0 Å². The minimum atomic E-state index is 0.659. The molecular formula is C13H30N2. The molecule has 0 saturated carbocycles. The van der Waals surface area contributed by atoms with Crippen LogP contribution in [0.5, 0.6) is 0 Å². The van der Waals surface area contributed by atoms with Crippen LogP contribution in [0.2, 0.25) is 0 Å². The van der Waals surface area contributed by atoms with Crippen molar-refractivity contribution in [3.63, 3.8) is 0 Å². The molecule has 15 heavy (non-hydrogen) atoms. The van der Waals surface area contributed by atoms with E-state index < -0.39 is 0 Å². The van der Waals surface area contributed by atoms with Crippen LogP contribution in [-0.4, -0.2) is 37.1 Å². The first kappa shape index (κ1) is 14.9. The van der Waals surface area contributed by atoms with Crippen LogP contribution in [0.1, 0.15) is 47.5 Å². The predicted molar refractivity (Wildman–Crippen MR) is 69.3 cm³/mol. The molecule has 0 fully saturated rings. The van der Waals surface area contributed by atoms with E-state index >= 15 is 0 Å². The van der Waals surface area contributed by atoms with Gasteiger partial charge in [0.05, 0.1) is 0 Å². The molecular weight excluding hydrogens is 184 g/mol. The molecule has 0 saturated heterocycles. The van der Waals surface area contributed by atoms with Crippen molar-refractivity contribution in [2.24, 2.45) is 5.92 Å². The fourth-order valence-electron chi connectivity index (χ4n) is 2.09. The Labute approximate surface area is 96.4 Å². The first-order chi connectivity index (χ1) is 7.04. The van der Waals surface area contributed by atoms with Gasteiger partial charge in [0.15, 0.2) is 0 Å². The van der Waals surface area contributed by atoms with Gasteiger partial charge in [0.2, 0.25) is 0 Å². The molecule has 0 aliphatic carbocycles. The van der Waals surface area contributed by atoms with Crippen molar-refractivity contribution in [1.29, 1.82) is 0 Å². The SMILES string of the molecule is CCCC(C)N(C)C(CNCC)C(C)C. The summed E-state index contributed by atoms with van der Waals surface area (Å²) in [4.78, 5) is 2.54. The summed E-state index contributed by atoms with van der Waals surface area (Å²) >= 11 is 0. The summed E-state index contributed by atoms with van der Waals surface area (Å²) in [7, 11) is 2.27. The van der Waals surface area contributed by atoms with Crippen LogP contribution < -0.4 is 5.32 Å². The number of rotatable bonds is 8. The zero-order valence-electron chi connectivity index (χ0n) is 11.5. The fraction of sp³-hybridized carbons (Fsp3) is 1.00. The van der Waals surface area contributed by atoms with Gasteiger partial charge in [-0.25, -0.2) is 0 Å². The average molecular weight is 214 g/mol. The largest absolute Gasteiger partial charge is 0.315 e. The van der Waals surface area contributed by atoms with Gasteiger partial charge < -0.3 is 5.32 Å². The second-order valence-corrected chi connectivity index (χ2v) is 4.92. The number of likely N-dealkylation sites (N-methyl/N-ethyl adjacent to an activating group) is 2. The van der Waals surface area contributed by atoms with Crippen molar-refractivity contribution in [2.45, 2.75) is 59.5 Å². The van der Waals surface area contributed by atoms with Crippen molar-refractivity contribution < 1.29 is 0 Å². The van der Waals surface area contributed by atoms with Crippen molar-refractivity contribution in [1.82, 2.24) is 10.2 Å². The van der Waals surface area contributed by atoms with Crippen LogP contribution in [0, 0.1) is 5.92 Å². The lowest BCUT2D eigenvalue weighted by Gasteiger charge is -2.36. The van der Waals surface area contributed by atoms with Crippen LogP contribution in [0.25, 0.3) is 0 Å². The van der Waals surface area contributed by atoms with Gasteiger partial charge in [-0.1, -0.05) is 34.1 Å². The lowest BCUT2D eigenvalue weighted by atomic mass is 10.00. The Morgan fingerprint density at radius 2 is 1.73 bits per heavy atom. The highest BCUT2D eigenvalue weighted by Crippen LogP contribution is 2.14. The maximum absolute atomic E-state index is 3.47. The van der Waals surface area contributed by atoms with E-state index in [1.54, 1.807) is 0 Å². The molecule has 0 bridgehead atoms. The molecule has 2 nitrogen and oxygen atoms in total. The van der Waals surface area contributed by atoms with Gasteiger partial charge in [-0.05, 0) is 32.9 Å². The van der Waals surface area contributed by atoms with Crippen LogP contribution in [-0.2, 0) is 0 Å². The molecule has 0 aromatic carbocycles. The molecule has 0 radical (unpaired) electrons. The van der Waals surface area contributed by atoms with Gasteiger partial charge in [-0.15, -0.1) is 0 Å². The third kappa shape index (κ3) is 5.53. The van der Waals surface area contributed by atoms with E-state index in [2.05, 4.69) is 51.9 Å². The van der Waals surface area contributed by atoms with Crippen LogP contribution >= 0.6 is 0 Å². The molecule has 0 spiro atoms. The topological polar surface area (TPSA) is 15.3 Å². The van der Waals surface area contributed by atoms with E-state index in [0.717, 1.165) is 13.1 Å². The van der Waals surface area contributed by atoms with Gasteiger partial charge in [0.25, 0.3) is 0 Å². The molecule has 0 aromatic heterocycles. The van der Waals surface area contributed by atoms with Gasteiger partial charge in [-0.2, -0.15) is 0 Å². The highest BCUT2D eigenvalue weighted by molar-refractivity contribution is 4.78. The average Bonchev–Trinajstić information content (AvgIpc) is 2.18. The molecule has 1 N–H and O–H groups in total. The number of hydrogen-bond acceptors (Lipinski definition) is 2. The zero-order valence-corrected chi connectivity index (χ0v) is 11.5. The van der Waals surface area contributed by atoms with Gasteiger partial charge in [0, 0.05) is 18.6 Å². The Bertz CT molecular complexity index is 145. The van der Waals surface area contributed by atoms with Gasteiger partial charge in [-0.3, -0.25) is 4.90 Å². The Morgan fingerprint density at radius 1 is 1.13 bits per heavy atom. The maximum Gasteiger partial charge on any atom is 0.0243 e. The van der Waals surface area contributed by atoms with Crippen LogP contribution in [0.15, 0.2) is 0 Å². The summed E-state index contributed by atoms with van der Waals surface area (Å²) in [5, 5.41) is 3.47. The summed E-state index contributed by atoms with van der Waals surface area (Å²) in [5.74, 6) is 0.716. The molecule has 0 heterocycles. The summed E-state index contributed by atoms with van der Waals surface area (Å²) in [6, 6.07) is 1.35. The standard InChI is InChI=1S/C13H30N2/c1-7-9-12(5)15(6)13(11(3)4)10-14-8-2/h11-14H,7-10H2,1-6H3. The molecule has 92 valence electrons. The van der Waals surface area contributed by atoms with Crippen LogP contribution in [0.4, 0.5) is 0 Å². The van der Waals surface area contributed by atoms with Crippen molar-refractivity contribution in [3.8, 4) is 0 Å². The van der Waals surface area contributed by atoms with Gasteiger partial charge in [0.1, 0.15) is 0 Å². The minimum absolute atomic E-state index is 0.659. The number of hydrogen-bond donors (Lipinski definition) is 1. The first-order valence-electron chi connectivity index (χ1n) is 6.47.